The third-order valence-corrected chi connectivity index (χ3v) is 2.51. The standard InChI is InChI=1S/C13H14N2O2/c1-9-6-10(2)12(11(3)7-9)17-13(16)15-5-4-14-8-15/h4-8H,1-3H3. The predicted octanol–water partition coefficient (Wildman–Crippen LogP) is 2.86. The Hall–Kier alpha value is -2.10. The normalized spacial score (nSPS) is 10.3. The number of hydrogen-bond donors (Lipinski definition) is 0. The molecule has 0 bridgehead atoms. The average Bonchev–Trinajstić information content (AvgIpc) is 2.76. The molecule has 1 aromatic carbocycles. The van der Waals surface area contributed by atoms with E-state index in [2.05, 4.69) is 4.98 Å². The van der Waals surface area contributed by atoms with Gasteiger partial charge in [-0.15, -0.1) is 0 Å². The Balaban J connectivity index is 2.28. The van der Waals surface area contributed by atoms with Crippen LogP contribution in [-0.4, -0.2) is 15.6 Å². The molecule has 1 aromatic heterocycles. The molecule has 88 valence electrons. The molecule has 0 saturated heterocycles. The first-order chi connectivity index (χ1) is 8.08. The number of benzene rings is 1. The molecular weight excluding hydrogens is 216 g/mol. The largest absolute Gasteiger partial charge is 0.424 e. The minimum absolute atomic E-state index is 0.447. The van der Waals surface area contributed by atoms with Gasteiger partial charge in [0.1, 0.15) is 12.1 Å². The van der Waals surface area contributed by atoms with Gasteiger partial charge in [-0.2, -0.15) is 0 Å². The maximum absolute atomic E-state index is 11.8. The lowest BCUT2D eigenvalue weighted by Crippen LogP contribution is -2.16. The van der Waals surface area contributed by atoms with Crippen LogP contribution >= 0.6 is 0 Å². The number of aryl methyl sites for hydroxylation is 3. The van der Waals surface area contributed by atoms with Crippen LogP contribution in [0.25, 0.3) is 0 Å². The van der Waals surface area contributed by atoms with Crippen molar-refractivity contribution < 1.29 is 9.53 Å². The smallest absolute Gasteiger partial charge is 0.409 e. The summed E-state index contributed by atoms with van der Waals surface area (Å²) in [7, 11) is 0. The minimum atomic E-state index is -0.447. The average molecular weight is 230 g/mol. The van der Waals surface area contributed by atoms with E-state index in [9.17, 15) is 4.79 Å². The van der Waals surface area contributed by atoms with Crippen LogP contribution < -0.4 is 4.74 Å². The highest BCUT2D eigenvalue weighted by Gasteiger charge is 2.11. The molecule has 0 N–H and O–H groups in total. The van der Waals surface area contributed by atoms with Crippen molar-refractivity contribution in [2.45, 2.75) is 20.8 Å². The van der Waals surface area contributed by atoms with Gasteiger partial charge in [-0.1, -0.05) is 17.7 Å². The van der Waals surface area contributed by atoms with Gasteiger partial charge in [-0.3, -0.25) is 0 Å². The van der Waals surface area contributed by atoms with Crippen LogP contribution in [-0.2, 0) is 0 Å². The molecule has 2 rings (SSSR count). The molecule has 0 radical (unpaired) electrons. The second-order valence-electron chi connectivity index (χ2n) is 4.07. The van der Waals surface area contributed by atoms with Gasteiger partial charge in [-0.05, 0) is 31.9 Å². The summed E-state index contributed by atoms with van der Waals surface area (Å²) in [6.07, 6.45) is 4.07. The van der Waals surface area contributed by atoms with Crippen molar-refractivity contribution >= 4 is 6.09 Å². The van der Waals surface area contributed by atoms with Crippen molar-refractivity contribution in [3.05, 3.63) is 47.5 Å². The molecule has 0 saturated carbocycles. The van der Waals surface area contributed by atoms with Crippen molar-refractivity contribution in [3.8, 4) is 5.75 Å². The lowest BCUT2D eigenvalue weighted by Gasteiger charge is -2.11. The quantitative estimate of drug-likeness (QED) is 0.756. The Morgan fingerprint density at radius 1 is 1.24 bits per heavy atom. The molecule has 4 nitrogen and oxygen atoms in total. The molecule has 0 aliphatic rings. The van der Waals surface area contributed by atoms with Crippen molar-refractivity contribution in [2.75, 3.05) is 0 Å². The molecule has 2 aromatic rings. The first-order valence-corrected chi connectivity index (χ1v) is 5.36. The monoisotopic (exact) mass is 230 g/mol. The number of nitrogens with zero attached hydrogens (tertiary/aromatic N) is 2. The van der Waals surface area contributed by atoms with Crippen LogP contribution in [0.2, 0.25) is 0 Å². The highest BCUT2D eigenvalue weighted by atomic mass is 16.6. The van der Waals surface area contributed by atoms with Crippen LogP contribution in [0.1, 0.15) is 16.7 Å². The summed E-state index contributed by atoms with van der Waals surface area (Å²) in [6.45, 7) is 5.87. The number of hydrogen-bond acceptors (Lipinski definition) is 3. The van der Waals surface area contributed by atoms with Gasteiger partial charge in [0.15, 0.2) is 0 Å². The molecule has 0 unspecified atom stereocenters. The van der Waals surface area contributed by atoms with E-state index in [0.717, 1.165) is 16.7 Å². The van der Waals surface area contributed by atoms with Gasteiger partial charge >= 0.3 is 6.09 Å². The van der Waals surface area contributed by atoms with Crippen LogP contribution in [0.5, 0.6) is 5.75 Å². The lowest BCUT2D eigenvalue weighted by molar-refractivity contribution is 0.201. The Labute approximate surface area is 99.9 Å². The Kier molecular flexibility index (Phi) is 2.95. The second kappa shape index (κ2) is 4.41. The van der Waals surface area contributed by atoms with Gasteiger partial charge < -0.3 is 4.74 Å². The van der Waals surface area contributed by atoms with E-state index >= 15 is 0 Å². The van der Waals surface area contributed by atoms with E-state index in [0.29, 0.717) is 5.75 Å². The molecule has 0 aliphatic heterocycles. The molecule has 0 aliphatic carbocycles. The predicted molar refractivity (Wildman–Crippen MR) is 64.3 cm³/mol. The van der Waals surface area contributed by atoms with Crippen molar-refractivity contribution in [1.29, 1.82) is 0 Å². The van der Waals surface area contributed by atoms with Crippen LogP contribution in [0.3, 0.4) is 0 Å². The third-order valence-electron chi connectivity index (χ3n) is 2.51. The summed E-state index contributed by atoms with van der Waals surface area (Å²) >= 11 is 0. The van der Waals surface area contributed by atoms with Gasteiger partial charge in [0.25, 0.3) is 0 Å². The van der Waals surface area contributed by atoms with E-state index in [4.69, 9.17) is 4.74 Å². The Morgan fingerprint density at radius 3 is 2.41 bits per heavy atom. The minimum Gasteiger partial charge on any atom is -0.409 e. The number of imidazole rings is 1. The van der Waals surface area contributed by atoms with Crippen LogP contribution in [0.15, 0.2) is 30.9 Å². The maximum atomic E-state index is 11.8. The van der Waals surface area contributed by atoms with E-state index in [1.54, 1.807) is 6.20 Å². The third kappa shape index (κ3) is 2.36. The summed E-state index contributed by atoms with van der Waals surface area (Å²) in [5, 5.41) is 0. The molecule has 0 atom stereocenters. The summed E-state index contributed by atoms with van der Waals surface area (Å²) in [4.78, 5) is 15.6. The number of carbonyl (C=O) groups is 1. The zero-order valence-electron chi connectivity index (χ0n) is 10.1. The van der Waals surface area contributed by atoms with Crippen molar-refractivity contribution in [2.24, 2.45) is 0 Å². The topological polar surface area (TPSA) is 44.1 Å². The van der Waals surface area contributed by atoms with E-state index in [-0.39, 0.29) is 0 Å². The Morgan fingerprint density at radius 2 is 1.88 bits per heavy atom. The maximum Gasteiger partial charge on any atom is 0.424 e. The van der Waals surface area contributed by atoms with Gasteiger partial charge in [-0.25, -0.2) is 14.3 Å². The van der Waals surface area contributed by atoms with Gasteiger partial charge in [0, 0.05) is 12.4 Å². The van der Waals surface area contributed by atoms with Gasteiger partial charge in [0.05, 0.1) is 0 Å². The molecular formula is C13H14N2O2. The Bertz CT molecular complexity index is 522. The zero-order chi connectivity index (χ0) is 12.4. The second-order valence-corrected chi connectivity index (χ2v) is 4.07. The van der Waals surface area contributed by atoms with E-state index in [1.807, 2.05) is 32.9 Å². The fourth-order valence-electron chi connectivity index (χ4n) is 1.83. The molecule has 1 heterocycles. The zero-order valence-corrected chi connectivity index (χ0v) is 10.1. The number of ether oxygens (including phenoxy) is 1. The number of rotatable bonds is 1. The molecule has 0 spiro atoms. The number of carbonyl (C=O) groups excluding carboxylic acids is 1. The molecule has 4 heteroatoms. The summed E-state index contributed by atoms with van der Waals surface area (Å²) in [6, 6.07) is 3.98. The summed E-state index contributed by atoms with van der Waals surface area (Å²) < 4.78 is 6.66. The fourth-order valence-corrected chi connectivity index (χ4v) is 1.83. The first-order valence-electron chi connectivity index (χ1n) is 5.36. The van der Waals surface area contributed by atoms with Crippen LogP contribution in [0.4, 0.5) is 4.79 Å². The molecule has 17 heavy (non-hydrogen) atoms. The van der Waals surface area contributed by atoms with Crippen molar-refractivity contribution in [3.63, 3.8) is 0 Å². The number of aromatic nitrogens is 2. The fraction of sp³-hybridized carbons (Fsp3) is 0.231. The van der Waals surface area contributed by atoms with E-state index < -0.39 is 6.09 Å². The highest BCUT2D eigenvalue weighted by molar-refractivity contribution is 5.73. The van der Waals surface area contributed by atoms with Crippen LogP contribution in [0, 0.1) is 20.8 Å². The highest BCUT2D eigenvalue weighted by Crippen LogP contribution is 2.24. The summed E-state index contributed by atoms with van der Waals surface area (Å²) in [5.74, 6) is 0.620. The van der Waals surface area contributed by atoms with Gasteiger partial charge in [0.2, 0.25) is 0 Å². The molecule has 0 amide bonds. The molecule has 0 fully saturated rings. The summed E-state index contributed by atoms with van der Waals surface area (Å²) in [5.41, 5.74) is 3.06. The first kappa shape index (κ1) is 11.4. The van der Waals surface area contributed by atoms with E-state index in [1.165, 1.54) is 17.1 Å². The van der Waals surface area contributed by atoms with Crippen molar-refractivity contribution in [1.82, 2.24) is 9.55 Å². The lowest BCUT2D eigenvalue weighted by atomic mass is 10.1. The SMILES string of the molecule is Cc1cc(C)c(OC(=O)n2ccnc2)c(C)c1.